The number of ether oxygens (including phenoxy) is 2. The number of aryl methyl sites for hydroxylation is 1. The molecule has 9 nitrogen and oxygen atoms in total. The first-order valence-corrected chi connectivity index (χ1v) is 10.1. The van der Waals surface area contributed by atoms with Crippen LogP contribution in [0.25, 0.3) is 22.8 Å². The molecule has 0 aliphatic carbocycles. The lowest BCUT2D eigenvalue weighted by Crippen LogP contribution is -2.28. The van der Waals surface area contributed by atoms with Gasteiger partial charge in [-0.25, -0.2) is 0 Å². The van der Waals surface area contributed by atoms with Crippen LogP contribution in [0.2, 0.25) is 0 Å². The topological polar surface area (TPSA) is 108 Å². The van der Waals surface area contributed by atoms with Crippen molar-refractivity contribution in [1.29, 1.82) is 0 Å². The Bertz CT molecular complexity index is 1320. The van der Waals surface area contributed by atoms with Crippen molar-refractivity contribution in [2.75, 3.05) is 19.5 Å². The Morgan fingerprint density at radius 3 is 2.42 bits per heavy atom. The first kappa shape index (κ1) is 21.8. The molecule has 0 radical (unpaired) electrons. The molecule has 0 fully saturated rings. The number of hydrogen-bond donors (Lipinski definition) is 1. The molecule has 4 rings (SSSR count). The third-order valence-electron chi connectivity index (χ3n) is 4.94. The van der Waals surface area contributed by atoms with E-state index in [1.54, 1.807) is 30.3 Å². The monoisotopic (exact) mass is 446 g/mol. The number of pyridine rings is 1. The molecule has 0 spiro atoms. The molecule has 0 saturated carbocycles. The van der Waals surface area contributed by atoms with Crippen molar-refractivity contribution >= 4 is 11.6 Å². The quantitative estimate of drug-likeness (QED) is 0.463. The maximum atomic E-state index is 13.0. The molecular weight excluding hydrogens is 424 g/mol. The Kier molecular flexibility index (Phi) is 6.21. The van der Waals surface area contributed by atoms with Crippen LogP contribution in [0.5, 0.6) is 11.5 Å². The van der Waals surface area contributed by atoms with Gasteiger partial charge in [0.05, 0.1) is 14.2 Å². The molecule has 2 aromatic carbocycles. The number of rotatable bonds is 7. The van der Waals surface area contributed by atoms with E-state index in [9.17, 15) is 9.59 Å². The minimum Gasteiger partial charge on any atom is -0.497 e. The Morgan fingerprint density at radius 2 is 1.76 bits per heavy atom. The number of anilines is 1. The number of hydrogen-bond acceptors (Lipinski definition) is 7. The number of methoxy groups -OCH3 is 2. The van der Waals surface area contributed by atoms with E-state index < -0.39 is 11.5 Å². The molecule has 33 heavy (non-hydrogen) atoms. The summed E-state index contributed by atoms with van der Waals surface area (Å²) in [6.45, 7) is 1.78. The molecule has 9 heteroatoms. The van der Waals surface area contributed by atoms with E-state index in [-0.39, 0.29) is 18.0 Å². The smallest absolute Gasteiger partial charge is 0.263 e. The van der Waals surface area contributed by atoms with Gasteiger partial charge in [-0.1, -0.05) is 35.0 Å². The van der Waals surface area contributed by atoms with Gasteiger partial charge < -0.3 is 23.9 Å². The highest BCUT2D eigenvalue weighted by atomic mass is 16.5. The Hall–Kier alpha value is -4.40. The molecule has 0 aliphatic rings. The van der Waals surface area contributed by atoms with Crippen LogP contribution >= 0.6 is 0 Å². The summed E-state index contributed by atoms with van der Waals surface area (Å²) in [6.07, 6.45) is 1.52. The summed E-state index contributed by atoms with van der Waals surface area (Å²) in [7, 11) is 3.04. The summed E-state index contributed by atoms with van der Waals surface area (Å²) in [5, 5.41) is 6.72. The first-order chi connectivity index (χ1) is 16.0. The predicted molar refractivity (Wildman–Crippen MR) is 122 cm³/mol. The lowest BCUT2D eigenvalue weighted by Gasteiger charge is -2.11. The zero-order valence-electron chi connectivity index (χ0n) is 18.4. The molecule has 0 bridgehead atoms. The average Bonchev–Trinajstić information content (AvgIpc) is 3.30. The van der Waals surface area contributed by atoms with Crippen molar-refractivity contribution in [3.63, 3.8) is 0 Å². The Labute approximate surface area is 189 Å². The average molecular weight is 446 g/mol. The van der Waals surface area contributed by atoms with E-state index >= 15 is 0 Å². The van der Waals surface area contributed by atoms with Crippen molar-refractivity contribution < 1.29 is 18.8 Å². The summed E-state index contributed by atoms with van der Waals surface area (Å²) in [6, 6.07) is 15.9. The van der Waals surface area contributed by atoms with Gasteiger partial charge in [0.2, 0.25) is 11.7 Å². The van der Waals surface area contributed by atoms with Crippen LogP contribution in [-0.4, -0.2) is 34.8 Å². The minimum absolute atomic E-state index is 0.0860. The SMILES string of the molecule is COc1cc(NC(=O)Cn2cccc(-c3nc(-c4ccc(C)cc4)no3)c2=O)cc(OC)c1. The fourth-order valence-electron chi connectivity index (χ4n) is 3.21. The minimum atomic E-state index is -0.421. The first-order valence-electron chi connectivity index (χ1n) is 10.1. The van der Waals surface area contributed by atoms with Crippen molar-refractivity contribution in [2.24, 2.45) is 0 Å². The lowest BCUT2D eigenvalue weighted by molar-refractivity contribution is -0.116. The zero-order valence-corrected chi connectivity index (χ0v) is 18.4. The van der Waals surface area contributed by atoms with E-state index in [1.165, 1.54) is 25.0 Å². The highest BCUT2D eigenvalue weighted by Gasteiger charge is 2.16. The third-order valence-corrected chi connectivity index (χ3v) is 4.94. The zero-order chi connectivity index (χ0) is 23.4. The second-order valence-corrected chi connectivity index (χ2v) is 7.29. The van der Waals surface area contributed by atoms with Gasteiger partial charge in [0.15, 0.2) is 0 Å². The second-order valence-electron chi connectivity index (χ2n) is 7.29. The van der Waals surface area contributed by atoms with Gasteiger partial charge in [0.25, 0.3) is 11.4 Å². The summed E-state index contributed by atoms with van der Waals surface area (Å²) in [4.78, 5) is 29.9. The van der Waals surface area contributed by atoms with Crippen LogP contribution < -0.4 is 20.3 Å². The van der Waals surface area contributed by atoms with Crippen LogP contribution in [0.1, 0.15) is 5.56 Å². The number of nitrogens with zero attached hydrogens (tertiary/aromatic N) is 3. The number of aromatic nitrogens is 3. The number of carbonyl (C=O) groups excluding carboxylic acids is 1. The lowest BCUT2D eigenvalue weighted by atomic mass is 10.1. The van der Waals surface area contributed by atoms with Crippen LogP contribution in [-0.2, 0) is 11.3 Å². The van der Waals surface area contributed by atoms with Gasteiger partial charge in [0, 0.05) is 35.6 Å². The summed E-state index contributed by atoms with van der Waals surface area (Å²) < 4.78 is 17.0. The van der Waals surface area contributed by atoms with Gasteiger partial charge in [0.1, 0.15) is 23.6 Å². The third kappa shape index (κ3) is 4.93. The number of carbonyl (C=O) groups is 1. The van der Waals surface area contributed by atoms with Crippen LogP contribution in [0.4, 0.5) is 5.69 Å². The van der Waals surface area contributed by atoms with E-state index in [4.69, 9.17) is 14.0 Å². The maximum absolute atomic E-state index is 13.0. The fraction of sp³-hybridized carbons (Fsp3) is 0.167. The largest absolute Gasteiger partial charge is 0.497 e. The molecule has 168 valence electrons. The maximum Gasteiger partial charge on any atom is 0.263 e. The Morgan fingerprint density at radius 1 is 1.06 bits per heavy atom. The number of benzene rings is 2. The molecule has 0 atom stereocenters. The number of amides is 1. The van der Waals surface area contributed by atoms with E-state index in [0.717, 1.165) is 11.1 Å². The molecular formula is C24H22N4O5. The van der Waals surface area contributed by atoms with Gasteiger partial charge in [-0.05, 0) is 19.1 Å². The Balaban J connectivity index is 1.54. The van der Waals surface area contributed by atoms with Crippen LogP contribution in [0, 0.1) is 6.92 Å². The highest BCUT2D eigenvalue weighted by Crippen LogP contribution is 2.26. The predicted octanol–water partition coefficient (Wildman–Crippen LogP) is 3.53. The van der Waals surface area contributed by atoms with E-state index in [1.807, 2.05) is 31.2 Å². The molecule has 0 unspecified atom stereocenters. The molecule has 4 aromatic rings. The molecule has 1 amide bonds. The molecule has 1 N–H and O–H groups in total. The fourth-order valence-corrected chi connectivity index (χ4v) is 3.21. The van der Waals surface area contributed by atoms with Gasteiger partial charge >= 0.3 is 0 Å². The van der Waals surface area contributed by atoms with Crippen molar-refractivity contribution in [2.45, 2.75) is 13.5 Å². The molecule has 0 aliphatic heterocycles. The van der Waals surface area contributed by atoms with Gasteiger partial charge in [-0.15, -0.1) is 0 Å². The van der Waals surface area contributed by atoms with E-state index in [2.05, 4.69) is 15.5 Å². The van der Waals surface area contributed by atoms with Crippen LogP contribution in [0.3, 0.4) is 0 Å². The van der Waals surface area contributed by atoms with Crippen molar-refractivity contribution in [3.8, 4) is 34.3 Å². The van der Waals surface area contributed by atoms with Crippen LogP contribution in [0.15, 0.2) is 70.1 Å². The summed E-state index contributed by atoms with van der Waals surface area (Å²) >= 11 is 0. The standard InChI is InChI=1S/C24H22N4O5/c1-15-6-8-16(9-7-15)22-26-23(33-27-22)20-5-4-10-28(24(20)30)14-21(29)25-17-11-18(31-2)13-19(12-17)32-3/h4-13H,14H2,1-3H3,(H,25,29). The van der Waals surface area contributed by atoms with E-state index in [0.29, 0.717) is 23.0 Å². The summed E-state index contributed by atoms with van der Waals surface area (Å²) in [5.74, 6) is 1.14. The molecule has 2 aromatic heterocycles. The van der Waals surface area contributed by atoms with Gasteiger partial charge in [-0.3, -0.25) is 9.59 Å². The van der Waals surface area contributed by atoms with Crippen molar-refractivity contribution in [1.82, 2.24) is 14.7 Å². The second kappa shape index (κ2) is 9.39. The molecule has 2 heterocycles. The highest BCUT2D eigenvalue weighted by molar-refractivity contribution is 5.91. The normalized spacial score (nSPS) is 10.6. The molecule has 0 saturated heterocycles. The summed E-state index contributed by atoms with van der Waals surface area (Å²) in [5.41, 5.74) is 2.16. The van der Waals surface area contributed by atoms with Crippen molar-refractivity contribution in [3.05, 3.63) is 76.7 Å². The van der Waals surface area contributed by atoms with Gasteiger partial charge in [-0.2, -0.15) is 4.98 Å². The number of nitrogens with one attached hydrogen (secondary N) is 1.